The summed E-state index contributed by atoms with van der Waals surface area (Å²) in [7, 11) is 0. The highest BCUT2D eigenvalue weighted by atomic mass is 32.2. The van der Waals surface area contributed by atoms with Crippen molar-refractivity contribution in [3.05, 3.63) is 29.8 Å². The maximum atomic E-state index is 12.8. The Morgan fingerprint density at radius 1 is 1.35 bits per heavy atom. The van der Waals surface area contributed by atoms with Crippen LogP contribution in [0.25, 0.3) is 0 Å². The lowest BCUT2D eigenvalue weighted by molar-refractivity contribution is -0.135. The average molecular weight is 330 g/mol. The van der Waals surface area contributed by atoms with Gasteiger partial charge in [-0.3, -0.25) is 14.9 Å². The molecule has 0 saturated carbocycles. The predicted octanol–water partition coefficient (Wildman–Crippen LogP) is 0.509. The van der Waals surface area contributed by atoms with Gasteiger partial charge in [-0.1, -0.05) is 18.2 Å². The molecule has 3 N–H and O–H groups in total. The quantitative estimate of drug-likeness (QED) is 0.785. The number of nitrogens with two attached hydrogens (primary N) is 1. The van der Waals surface area contributed by atoms with Crippen LogP contribution in [-0.4, -0.2) is 46.6 Å². The summed E-state index contributed by atoms with van der Waals surface area (Å²) in [6.45, 7) is 1.10. The molecule has 23 heavy (non-hydrogen) atoms. The monoisotopic (exact) mass is 330 g/mol. The first kappa shape index (κ1) is 14.6. The van der Waals surface area contributed by atoms with Crippen molar-refractivity contribution in [2.75, 3.05) is 13.1 Å². The summed E-state index contributed by atoms with van der Waals surface area (Å²) >= 11 is 1.64. The number of likely N-dealkylation sites (tertiary alicyclic amines) is 1. The standard InChI is InChI=1S/C16H18N4O2S/c17-15-18-14(22)16(19-15)5-7-20(8-6-16)13(21)12-9-10-3-1-2-4-11(10)23-12/h1-4,12H,5-9H2,(H3,17,18,19,22)/t12-/m1/s1. The van der Waals surface area contributed by atoms with Gasteiger partial charge in [0.1, 0.15) is 5.54 Å². The lowest BCUT2D eigenvalue weighted by atomic mass is 9.88. The Labute approximate surface area is 138 Å². The van der Waals surface area contributed by atoms with Gasteiger partial charge >= 0.3 is 0 Å². The van der Waals surface area contributed by atoms with Crippen molar-refractivity contribution >= 4 is 29.5 Å². The van der Waals surface area contributed by atoms with Gasteiger partial charge in [0.15, 0.2) is 5.96 Å². The third-order valence-corrected chi connectivity index (χ3v) is 6.13. The zero-order chi connectivity index (χ0) is 16.0. The van der Waals surface area contributed by atoms with E-state index in [1.54, 1.807) is 11.8 Å². The van der Waals surface area contributed by atoms with Crippen LogP contribution in [0.15, 0.2) is 34.2 Å². The Morgan fingerprint density at radius 2 is 2.09 bits per heavy atom. The Kier molecular flexibility index (Phi) is 3.33. The number of nitrogens with one attached hydrogen (secondary N) is 1. The van der Waals surface area contributed by atoms with Crippen LogP contribution in [0, 0.1) is 0 Å². The number of carbonyl (C=O) groups excluding carboxylic acids is 2. The summed E-state index contributed by atoms with van der Waals surface area (Å²) in [6, 6.07) is 8.17. The molecule has 0 radical (unpaired) electrons. The van der Waals surface area contributed by atoms with Crippen LogP contribution in [0.3, 0.4) is 0 Å². The maximum Gasteiger partial charge on any atom is 0.254 e. The number of nitrogens with zero attached hydrogens (tertiary/aromatic N) is 2. The fourth-order valence-corrected chi connectivity index (χ4v) is 4.78. The van der Waals surface area contributed by atoms with Gasteiger partial charge in [0.2, 0.25) is 5.91 Å². The van der Waals surface area contributed by atoms with E-state index in [0.717, 1.165) is 6.42 Å². The van der Waals surface area contributed by atoms with Gasteiger partial charge in [-0.15, -0.1) is 11.8 Å². The van der Waals surface area contributed by atoms with Crippen LogP contribution < -0.4 is 11.1 Å². The van der Waals surface area contributed by atoms with Crippen LogP contribution >= 0.6 is 11.8 Å². The number of benzene rings is 1. The van der Waals surface area contributed by atoms with Crippen molar-refractivity contribution in [1.29, 1.82) is 0 Å². The number of guanidine groups is 1. The van der Waals surface area contributed by atoms with Crippen molar-refractivity contribution in [2.45, 2.75) is 34.9 Å². The second-order valence-electron chi connectivity index (χ2n) is 6.23. The molecule has 0 aromatic heterocycles. The number of rotatable bonds is 1. The summed E-state index contributed by atoms with van der Waals surface area (Å²) in [5.74, 6) is 0.220. The molecule has 3 aliphatic rings. The number of piperidine rings is 1. The summed E-state index contributed by atoms with van der Waals surface area (Å²) in [6.07, 6.45) is 1.86. The zero-order valence-electron chi connectivity index (χ0n) is 12.6. The Bertz CT molecular complexity index is 685. The van der Waals surface area contributed by atoms with Gasteiger partial charge in [0.05, 0.1) is 5.25 Å². The molecule has 0 aliphatic carbocycles. The van der Waals surface area contributed by atoms with Crippen molar-refractivity contribution in [2.24, 2.45) is 10.7 Å². The van der Waals surface area contributed by atoms with Crippen molar-refractivity contribution in [3.8, 4) is 0 Å². The van der Waals surface area contributed by atoms with E-state index in [1.165, 1.54) is 10.5 Å². The second-order valence-corrected chi connectivity index (χ2v) is 7.47. The molecule has 1 aromatic rings. The van der Waals surface area contributed by atoms with Gasteiger partial charge in [-0.25, -0.2) is 4.99 Å². The number of hydrogen-bond donors (Lipinski definition) is 2. The molecule has 1 spiro atoms. The fourth-order valence-electron chi connectivity index (χ4n) is 3.50. The number of carbonyl (C=O) groups is 2. The van der Waals surface area contributed by atoms with Crippen molar-refractivity contribution < 1.29 is 9.59 Å². The molecule has 4 rings (SSSR count). The third kappa shape index (κ3) is 2.39. The normalized spacial score (nSPS) is 25.2. The topological polar surface area (TPSA) is 87.8 Å². The summed E-state index contributed by atoms with van der Waals surface area (Å²) in [5, 5.41) is 2.52. The Morgan fingerprint density at radius 3 is 2.74 bits per heavy atom. The number of amides is 2. The molecule has 3 aliphatic heterocycles. The predicted molar refractivity (Wildman–Crippen MR) is 88.1 cm³/mol. The van der Waals surface area contributed by atoms with Crippen molar-refractivity contribution in [1.82, 2.24) is 10.2 Å². The molecule has 0 unspecified atom stereocenters. The van der Waals surface area contributed by atoms with Crippen LogP contribution in [0.4, 0.5) is 0 Å². The number of fused-ring (bicyclic) bond motifs is 1. The number of hydrogen-bond acceptors (Lipinski definition) is 5. The van der Waals surface area contributed by atoms with Gasteiger partial charge in [0.25, 0.3) is 5.91 Å². The lowest BCUT2D eigenvalue weighted by Crippen LogP contribution is -2.52. The van der Waals surface area contributed by atoms with E-state index in [4.69, 9.17) is 5.73 Å². The fraction of sp³-hybridized carbons (Fsp3) is 0.438. The van der Waals surface area contributed by atoms with Crippen LogP contribution in [-0.2, 0) is 16.0 Å². The number of aliphatic imine (C=N–C) groups is 1. The third-order valence-electron chi connectivity index (χ3n) is 4.82. The first-order valence-electron chi connectivity index (χ1n) is 7.77. The molecule has 120 valence electrons. The first-order chi connectivity index (χ1) is 11.1. The molecule has 7 heteroatoms. The summed E-state index contributed by atoms with van der Waals surface area (Å²) < 4.78 is 0. The molecule has 1 fully saturated rings. The minimum absolute atomic E-state index is 0.0487. The second kappa shape index (κ2) is 5.26. The van der Waals surface area contributed by atoms with Gasteiger partial charge in [0, 0.05) is 18.0 Å². The maximum absolute atomic E-state index is 12.8. The smallest absolute Gasteiger partial charge is 0.254 e. The largest absolute Gasteiger partial charge is 0.370 e. The minimum atomic E-state index is -0.757. The zero-order valence-corrected chi connectivity index (χ0v) is 13.4. The molecule has 2 amide bonds. The summed E-state index contributed by atoms with van der Waals surface area (Å²) in [5.41, 5.74) is 6.10. The van der Waals surface area contributed by atoms with E-state index in [9.17, 15) is 9.59 Å². The Balaban J connectivity index is 1.42. The van der Waals surface area contributed by atoms with Crippen molar-refractivity contribution in [3.63, 3.8) is 0 Å². The van der Waals surface area contributed by atoms with Crippen LogP contribution in [0.1, 0.15) is 18.4 Å². The molecular weight excluding hydrogens is 312 g/mol. The van der Waals surface area contributed by atoms with E-state index < -0.39 is 5.54 Å². The van der Waals surface area contributed by atoms with E-state index in [2.05, 4.69) is 22.4 Å². The first-order valence-corrected chi connectivity index (χ1v) is 8.65. The van der Waals surface area contributed by atoms with E-state index in [-0.39, 0.29) is 23.0 Å². The highest BCUT2D eigenvalue weighted by Gasteiger charge is 2.46. The molecule has 3 heterocycles. The number of thioether (sulfide) groups is 1. The van der Waals surface area contributed by atoms with E-state index in [0.29, 0.717) is 25.9 Å². The molecule has 1 atom stereocenters. The highest BCUT2D eigenvalue weighted by molar-refractivity contribution is 8.01. The van der Waals surface area contributed by atoms with Crippen LogP contribution in [0.2, 0.25) is 0 Å². The Hall–Kier alpha value is -2.02. The molecule has 0 bridgehead atoms. The SMILES string of the molecule is NC1=NC2(CCN(C(=O)[C@H]3Cc4ccccc4S3)CC2)C(=O)N1. The van der Waals surface area contributed by atoms with E-state index in [1.807, 2.05) is 17.0 Å². The van der Waals surface area contributed by atoms with Crippen LogP contribution in [0.5, 0.6) is 0 Å². The lowest BCUT2D eigenvalue weighted by Gasteiger charge is -2.36. The average Bonchev–Trinajstić information content (AvgIpc) is 3.09. The molecule has 1 aromatic carbocycles. The van der Waals surface area contributed by atoms with Gasteiger partial charge < -0.3 is 10.6 Å². The molecular formula is C16H18N4O2S. The van der Waals surface area contributed by atoms with Gasteiger partial charge in [-0.05, 0) is 30.9 Å². The van der Waals surface area contributed by atoms with Gasteiger partial charge in [-0.2, -0.15) is 0 Å². The highest BCUT2D eigenvalue weighted by Crippen LogP contribution is 2.38. The molecule has 1 saturated heterocycles. The van der Waals surface area contributed by atoms with E-state index >= 15 is 0 Å². The minimum Gasteiger partial charge on any atom is -0.370 e. The summed E-state index contributed by atoms with van der Waals surface area (Å²) in [4.78, 5) is 32.1. The molecule has 6 nitrogen and oxygen atoms in total.